The average Bonchev–Trinajstić information content (AvgIpc) is 2.56. The summed E-state index contributed by atoms with van der Waals surface area (Å²) in [5.41, 5.74) is 11.5. The molecule has 1 aromatic carbocycles. The highest BCUT2D eigenvalue weighted by Gasteiger charge is 2.11. The molecule has 0 aliphatic rings. The van der Waals surface area contributed by atoms with Crippen LogP contribution in [-0.2, 0) is 11.3 Å². The van der Waals surface area contributed by atoms with E-state index < -0.39 is 11.9 Å². The maximum atomic E-state index is 13.2. The summed E-state index contributed by atoms with van der Waals surface area (Å²) in [4.78, 5) is 14.4. The van der Waals surface area contributed by atoms with Gasteiger partial charge in [-0.05, 0) is 6.07 Å². The second-order valence-corrected chi connectivity index (χ2v) is 3.95. The van der Waals surface area contributed by atoms with Crippen molar-refractivity contribution in [3.8, 4) is 0 Å². The van der Waals surface area contributed by atoms with Gasteiger partial charge in [0.05, 0.1) is 22.6 Å². The molecule has 18 heavy (non-hydrogen) atoms. The summed E-state index contributed by atoms with van der Waals surface area (Å²) in [6, 6.07) is 2.61. The van der Waals surface area contributed by atoms with Crippen molar-refractivity contribution < 1.29 is 13.9 Å². The molecule has 2 rings (SSSR count). The second-order valence-electron chi connectivity index (χ2n) is 3.54. The SMILES string of the molecule is NC(=O)OCCn1c(N)nc2cc(F)c(Cl)cc21. The molecule has 0 atom stereocenters. The van der Waals surface area contributed by atoms with Crippen LogP contribution in [0.25, 0.3) is 11.0 Å². The van der Waals surface area contributed by atoms with Gasteiger partial charge in [0.15, 0.2) is 0 Å². The largest absolute Gasteiger partial charge is 0.448 e. The van der Waals surface area contributed by atoms with Gasteiger partial charge >= 0.3 is 6.09 Å². The Morgan fingerprint density at radius 3 is 2.94 bits per heavy atom. The minimum atomic E-state index is -0.873. The summed E-state index contributed by atoms with van der Waals surface area (Å²) in [6.07, 6.45) is -0.873. The van der Waals surface area contributed by atoms with Gasteiger partial charge in [-0.3, -0.25) is 0 Å². The molecule has 0 unspecified atom stereocenters. The Hall–Kier alpha value is -2.02. The Labute approximate surface area is 106 Å². The molecule has 0 bridgehead atoms. The Kier molecular flexibility index (Phi) is 3.24. The molecule has 1 aromatic heterocycles. The molecular weight excluding hydrogens is 263 g/mol. The molecule has 0 aliphatic heterocycles. The Morgan fingerprint density at radius 2 is 2.28 bits per heavy atom. The number of carbonyl (C=O) groups is 1. The predicted octanol–water partition coefficient (Wildman–Crippen LogP) is 1.51. The number of carbonyl (C=O) groups excluding carboxylic acids is 1. The minimum Gasteiger partial charge on any atom is -0.448 e. The number of halogens is 2. The predicted molar refractivity (Wildman–Crippen MR) is 64.6 cm³/mol. The van der Waals surface area contributed by atoms with Crippen LogP contribution in [0.3, 0.4) is 0 Å². The highest BCUT2D eigenvalue weighted by Crippen LogP contribution is 2.24. The number of benzene rings is 1. The number of rotatable bonds is 3. The Balaban J connectivity index is 2.34. The van der Waals surface area contributed by atoms with Crippen molar-refractivity contribution in [2.24, 2.45) is 5.73 Å². The summed E-state index contributed by atoms with van der Waals surface area (Å²) < 4.78 is 19.4. The summed E-state index contributed by atoms with van der Waals surface area (Å²) in [6.45, 7) is 0.299. The minimum absolute atomic E-state index is 0.0283. The zero-order valence-electron chi connectivity index (χ0n) is 9.19. The van der Waals surface area contributed by atoms with Gasteiger partial charge in [-0.25, -0.2) is 14.2 Å². The fourth-order valence-corrected chi connectivity index (χ4v) is 1.77. The van der Waals surface area contributed by atoms with E-state index in [9.17, 15) is 9.18 Å². The van der Waals surface area contributed by atoms with Crippen molar-refractivity contribution in [1.29, 1.82) is 0 Å². The number of fused-ring (bicyclic) bond motifs is 1. The molecule has 2 aromatic rings. The van der Waals surface area contributed by atoms with Crippen molar-refractivity contribution in [3.05, 3.63) is 23.0 Å². The Morgan fingerprint density at radius 1 is 1.56 bits per heavy atom. The zero-order valence-corrected chi connectivity index (χ0v) is 9.95. The maximum absolute atomic E-state index is 13.2. The van der Waals surface area contributed by atoms with E-state index in [0.717, 1.165) is 0 Å². The number of hydrogen-bond donors (Lipinski definition) is 2. The van der Waals surface area contributed by atoms with Gasteiger partial charge in [0, 0.05) is 6.07 Å². The average molecular weight is 273 g/mol. The van der Waals surface area contributed by atoms with E-state index in [0.29, 0.717) is 11.0 Å². The fourth-order valence-electron chi connectivity index (χ4n) is 1.61. The highest BCUT2D eigenvalue weighted by atomic mass is 35.5. The molecule has 0 aliphatic carbocycles. The molecule has 0 radical (unpaired) electrons. The van der Waals surface area contributed by atoms with E-state index in [1.807, 2.05) is 0 Å². The normalized spacial score (nSPS) is 10.8. The first-order valence-corrected chi connectivity index (χ1v) is 5.40. The Bertz CT molecular complexity index is 613. The number of amides is 1. The fraction of sp³-hybridized carbons (Fsp3) is 0.200. The first kappa shape index (κ1) is 12.4. The van der Waals surface area contributed by atoms with Gasteiger partial charge in [-0.1, -0.05) is 11.6 Å². The van der Waals surface area contributed by atoms with Crippen LogP contribution in [0.4, 0.5) is 15.1 Å². The lowest BCUT2D eigenvalue weighted by Gasteiger charge is -2.06. The van der Waals surface area contributed by atoms with Crippen LogP contribution >= 0.6 is 11.6 Å². The smallest absolute Gasteiger partial charge is 0.404 e. The van der Waals surface area contributed by atoms with Crippen molar-refractivity contribution in [2.45, 2.75) is 6.54 Å². The molecule has 1 heterocycles. The van der Waals surface area contributed by atoms with Crippen LogP contribution in [0.5, 0.6) is 0 Å². The molecule has 8 heteroatoms. The number of nitrogens with zero attached hydrogens (tertiary/aromatic N) is 2. The number of anilines is 1. The number of ether oxygens (including phenoxy) is 1. The van der Waals surface area contributed by atoms with Crippen LogP contribution in [0, 0.1) is 5.82 Å². The highest BCUT2D eigenvalue weighted by molar-refractivity contribution is 6.31. The molecule has 0 saturated heterocycles. The number of imidazole rings is 1. The molecular formula is C10H10ClFN4O2. The lowest BCUT2D eigenvalue weighted by molar-refractivity contribution is 0.153. The standard InChI is InChI=1S/C10H10ClFN4O2/c11-5-3-8-7(4-6(5)12)15-9(13)16(8)1-2-18-10(14)17/h3-4H,1-2H2,(H2,13,15)(H2,14,17). The van der Waals surface area contributed by atoms with Gasteiger partial charge in [0.1, 0.15) is 12.4 Å². The van der Waals surface area contributed by atoms with E-state index in [-0.39, 0.29) is 24.1 Å². The molecule has 0 fully saturated rings. The molecule has 4 N–H and O–H groups in total. The molecule has 0 saturated carbocycles. The van der Waals surface area contributed by atoms with Gasteiger partial charge in [-0.15, -0.1) is 0 Å². The van der Waals surface area contributed by atoms with E-state index in [4.69, 9.17) is 23.1 Å². The van der Waals surface area contributed by atoms with Crippen LogP contribution in [0.2, 0.25) is 5.02 Å². The molecule has 96 valence electrons. The van der Waals surface area contributed by atoms with Gasteiger partial charge in [0.2, 0.25) is 5.95 Å². The van der Waals surface area contributed by atoms with Crippen LogP contribution in [0.1, 0.15) is 0 Å². The maximum Gasteiger partial charge on any atom is 0.404 e. The van der Waals surface area contributed by atoms with Crippen molar-refractivity contribution >= 4 is 34.7 Å². The van der Waals surface area contributed by atoms with Crippen LogP contribution < -0.4 is 11.5 Å². The van der Waals surface area contributed by atoms with E-state index >= 15 is 0 Å². The van der Waals surface area contributed by atoms with Crippen LogP contribution in [0.15, 0.2) is 12.1 Å². The molecule has 1 amide bonds. The topological polar surface area (TPSA) is 96.2 Å². The lowest BCUT2D eigenvalue weighted by atomic mass is 10.3. The summed E-state index contributed by atoms with van der Waals surface area (Å²) in [7, 11) is 0. The summed E-state index contributed by atoms with van der Waals surface area (Å²) >= 11 is 5.69. The third-order valence-corrected chi connectivity index (χ3v) is 2.67. The van der Waals surface area contributed by atoms with Gasteiger partial charge in [-0.2, -0.15) is 0 Å². The van der Waals surface area contributed by atoms with Gasteiger partial charge < -0.3 is 20.8 Å². The second kappa shape index (κ2) is 4.69. The van der Waals surface area contributed by atoms with Crippen molar-refractivity contribution in [2.75, 3.05) is 12.3 Å². The van der Waals surface area contributed by atoms with Crippen molar-refractivity contribution in [1.82, 2.24) is 9.55 Å². The summed E-state index contributed by atoms with van der Waals surface area (Å²) in [5.74, 6) is -0.387. The third-order valence-electron chi connectivity index (χ3n) is 2.38. The van der Waals surface area contributed by atoms with E-state index in [1.165, 1.54) is 12.1 Å². The number of aromatic nitrogens is 2. The van der Waals surface area contributed by atoms with Crippen molar-refractivity contribution in [3.63, 3.8) is 0 Å². The molecule has 0 spiro atoms. The quantitative estimate of drug-likeness (QED) is 0.885. The molecule has 6 nitrogen and oxygen atoms in total. The van der Waals surface area contributed by atoms with Crippen LogP contribution in [-0.4, -0.2) is 22.3 Å². The number of nitrogen functional groups attached to an aromatic ring is 1. The third kappa shape index (κ3) is 2.30. The first-order valence-electron chi connectivity index (χ1n) is 5.02. The van der Waals surface area contributed by atoms with E-state index in [2.05, 4.69) is 9.72 Å². The number of hydrogen-bond acceptors (Lipinski definition) is 4. The monoisotopic (exact) mass is 272 g/mol. The zero-order chi connectivity index (χ0) is 13.3. The summed E-state index contributed by atoms with van der Waals surface area (Å²) in [5, 5.41) is -0.0283. The van der Waals surface area contributed by atoms with E-state index in [1.54, 1.807) is 4.57 Å². The lowest BCUT2D eigenvalue weighted by Crippen LogP contribution is -2.17. The first-order chi connectivity index (χ1) is 8.49. The number of primary amides is 1. The van der Waals surface area contributed by atoms with Gasteiger partial charge in [0.25, 0.3) is 0 Å². The number of nitrogens with two attached hydrogens (primary N) is 2.